The van der Waals surface area contributed by atoms with Gasteiger partial charge in [-0.2, -0.15) is 0 Å². The van der Waals surface area contributed by atoms with Crippen LogP contribution in [0.1, 0.15) is 42.5 Å². The van der Waals surface area contributed by atoms with Gasteiger partial charge in [-0.15, -0.1) is 0 Å². The highest BCUT2D eigenvalue weighted by atomic mass is 16.5. The molecule has 0 radical (unpaired) electrons. The van der Waals surface area contributed by atoms with E-state index >= 15 is 0 Å². The Morgan fingerprint density at radius 2 is 2.05 bits per heavy atom. The van der Waals surface area contributed by atoms with Crippen LogP contribution in [-0.4, -0.2) is 44.0 Å². The lowest BCUT2D eigenvalue weighted by atomic mass is 9.84. The van der Waals surface area contributed by atoms with Crippen LogP contribution in [0.25, 0.3) is 0 Å². The summed E-state index contributed by atoms with van der Waals surface area (Å²) >= 11 is 0. The number of benzene rings is 1. The van der Waals surface area contributed by atoms with Crippen molar-refractivity contribution in [3.8, 4) is 11.5 Å². The fourth-order valence-corrected chi connectivity index (χ4v) is 3.85. The molecule has 0 unspecified atom stereocenters. The first-order valence-electron chi connectivity index (χ1n) is 8.32. The summed E-state index contributed by atoms with van der Waals surface area (Å²) in [6.07, 6.45) is 7.32. The summed E-state index contributed by atoms with van der Waals surface area (Å²) in [7, 11) is 1.61. The summed E-state index contributed by atoms with van der Waals surface area (Å²) in [6, 6.07) is 6.03. The van der Waals surface area contributed by atoms with Crippen molar-refractivity contribution in [2.75, 3.05) is 26.8 Å². The number of fused-ring (bicyclic) bond motifs is 1. The lowest BCUT2D eigenvalue weighted by Crippen LogP contribution is -2.49. The highest BCUT2D eigenvalue weighted by molar-refractivity contribution is 5.76. The SMILES string of the molecule is COc1cc(C=O)ccc1OC[C@H]1CCCN2CCCC[C@H]12. The predicted molar refractivity (Wildman–Crippen MR) is 85.8 cm³/mol. The van der Waals surface area contributed by atoms with E-state index in [0.717, 1.165) is 18.6 Å². The molecule has 2 heterocycles. The summed E-state index contributed by atoms with van der Waals surface area (Å²) in [6.45, 7) is 3.23. The summed E-state index contributed by atoms with van der Waals surface area (Å²) in [4.78, 5) is 13.5. The third-order valence-corrected chi connectivity index (χ3v) is 5.01. The molecule has 0 bridgehead atoms. The Balaban J connectivity index is 1.65. The second-order valence-electron chi connectivity index (χ2n) is 6.34. The number of carbonyl (C=O) groups is 1. The predicted octanol–water partition coefficient (Wildman–Crippen LogP) is 3.15. The van der Waals surface area contributed by atoms with Gasteiger partial charge < -0.3 is 9.47 Å². The number of ether oxygens (including phenoxy) is 2. The average Bonchev–Trinajstić information content (AvgIpc) is 2.59. The standard InChI is InChI=1S/C18H25NO3/c1-21-18-11-14(12-20)7-8-17(18)22-13-15-5-4-10-19-9-3-2-6-16(15)19/h7-8,11-12,15-16H,2-6,9-10,13H2,1H3/t15-,16-/m1/s1. The van der Waals surface area contributed by atoms with E-state index in [2.05, 4.69) is 4.90 Å². The number of hydrogen-bond donors (Lipinski definition) is 0. The molecule has 2 aliphatic rings. The number of carbonyl (C=O) groups excluding carboxylic acids is 1. The van der Waals surface area contributed by atoms with Crippen molar-refractivity contribution in [2.45, 2.75) is 38.1 Å². The van der Waals surface area contributed by atoms with Crippen LogP contribution in [0.3, 0.4) is 0 Å². The Morgan fingerprint density at radius 3 is 2.86 bits per heavy atom. The molecule has 2 fully saturated rings. The maximum absolute atomic E-state index is 10.8. The Kier molecular flexibility index (Phi) is 4.98. The van der Waals surface area contributed by atoms with Gasteiger partial charge in [-0.3, -0.25) is 9.69 Å². The minimum absolute atomic E-state index is 0.601. The summed E-state index contributed by atoms with van der Waals surface area (Å²) in [5.41, 5.74) is 0.611. The summed E-state index contributed by atoms with van der Waals surface area (Å²) < 4.78 is 11.4. The molecular weight excluding hydrogens is 278 g/mol. The largest absolute Gasteiger partial charge is 0.493 e. The van der Waals surface area contributed by atoms with Crippen LogP contribution in [0, 0.1) is 5.92 Å². The molecule has 0 aromatic heterocycles. The monoisotopic (exact) mass is 303 g/mol. The van der Waals surface area contributed by atoms with Crippen molar-refractivity contribution in [1.82, 2.24) is 4.90 Å². The number of aldehydes is 1. The molecule has 1 aromatic carbocycles. The number of piperidine rings is 2. The van der Waals surface area contributed by atoms with Crippen LogP contribution in [0.4, 0.5) is 0 Å². The highest BCUT2D eigenvalue weighted by Crippen LogP contribution is 2.33. The Labute approximate surface area is 132 Å². The minimum Gasteiger partial charge on any atom is -0.493 e. The molecular formula is C18H25NO3. The number of methoxy groups -OCH3 is 1. The van der Waals surface area contributed by atoms with E-state index in [1.54, 1.807) is 19.2 Å². The third kappa shape index (κ3) is 3.27. The normalized spacial score (nSPS) is 25.3. The fourth-order valence-electron chi connectivity index (χ4n) is 3.85. The first kappa shape index (κ1) is 15.3. The van der Waals surface area contributed by atoms with E-state index in [-0.39, 0.29) is 0 Å². The molecule has 22 heavy (non-hydrogen) atoms. The van der Waals surface area contributed by atoms with E-state index in [4.69, 9.17) is 9.47 Å². The van der Waals surface area contributed by atoms with E-state index in [1.165, 1.54) is 45.2 Å². The molecule has 120 valence electrons. The minimum atomic E-state index is 0.601. The smallest absolute Gasteiger partial charge is 0.161 e. The van der Waals surface area contributed by atoms with Gasteiger partial charge in [-0.25, -0.2) is 0 Å². The van der Waals surface area contributed by atoms with Crippen LogP contribution in [0.2, 0.25) is 0 Å². The maximum Gasteiger partial charge on any atom is 0.161 e. The molecule has 2 saturated heterocycles. The van der Waals surface area contributed by atoms with Crippen molar-refractivity contribution in [3.63, 3.8) is 0 Å². The van der Waals surface area contributed by atoms with Crippen LogP contribution in [0.15, 0.2) is 18.2 Å². The van der Waals surface area contributed by atoms with Gasteiger partial charge in [-0.05, 0) is 57.0 Å². The van der Waals surface area contributed by atoms with Gasteiger partial charge in [-0.1, -0.05) is 6.42 Å². The highest BCUT2D eigenvalue weighted by Gasteiger charge is 2.33. The number of nitrogens with zero attached hydrogens (tertiary/aromatic N) is 1. The molecule has 4 nitrogen and oxygen atoms in total. The first-order chi connectivity index (χ1) is 10.8. The van der Waals surface area contributed by atoms with Gasteiger partial charge in [0, 0.05) is 17.5 Å². The van der Waals surface area contributed by atoms with E-state index < -0.39 is 0 Å². The van der Waals surface area contributed by atoms with Crippen molar-refractivity contribution in [3.05, 3.63) is 23.8 Å². The number of rotatable bonds is 5. The van der Waals surface area contributed by atoms with Gasteiger partial charge in [0.05, 0.1) is 13.7 Å². The molecule has 2 aliphatic heterocycles. The molecule has 2 atom stereocenters. The van der Waals surface area contributed by atoms with Crippen molar-refractivity contribution >= 4 is 6.29 Å². The molecule has 0 aliphatic carbocycles. The van der Waals surface area contributed by atoms with Crippen LogP contribution < -0.4 is 9.47 Å². The van der Waals surface area contributed by atoms with E-state index in [0.29, 0.717) is 23.3 Å². The molecule has 0 saturated carbocycles. The van der Waals surface area contributed by atoms with E-state index in [9.17, 15) is 4.79 Å². The van der Waals surface area contributed by atoms with Crippen molar-refractivity contribution in [2.24, 2.45) is 5.92 Å². The first-order valence-corrected chi connectivity index (χ1v) is 8.32. The molecule has 1 aromatic rings. The summed E-state index contributed by atoms with van der Waals surface area (Å²) in [5, 5.41) is 0. The van der Waals surface area contributed by atoms with E-state index in [1.807, 2.05) is 6.07 Å². The average molecular weight is 303 g/mol. The van der Waals surface area contributed by atoms with Crippen LogP contribution in [-0.2, 0) is 0 Å². The molecule has 0 N–H and O–H groups in total. The Hall–Kier alpha value is -1.55. The zero-order valence-electron chi connectivity index (χ0n) is 13.3. The second kappa shape index (κ2) is 7.14. The van der Waals surface area contributed by atoms with Gasteiger partial charge in [0.2, 0.25) is 0 Å². The van der Waals surface area contributed by atoms with Gasteiger partial charge in [0.25, 0.3) is 0 Å². The third-order valence-electron chi connectivity index (χ3n) is 5.01. The van der Waals surface area contributed by atoms with Crippen LogP contribution in [0.5, 0.6) is 11.5 Å². The quantitative estimate of drug-likeness (QED) is 0.783. The second-order valence-corrected chi connectivity index (χ2v) is 6.34. The molecule has 3 rings (SSSR count). The molecule has 0 amide bonds. The lowest BCUT2D eigenvalue weighted by molar-refractivity contribution is 0.0361. The van der Waals surface area contributed by atoms with Crippen LogP contribution >= 0.6 is 0 Å². The topological polar surface area (TPSA) is 38.8 Å². The van der Waals surface area contributed by atoms with Gasteiger partial charge in [0.1, 0.15) is 6.29 Å². The van der Waals surface area contributed by atoms with Crippen molar-refractivity contribution < 1.29 is 14.3 Å². The van der Waals surface area contributed by atoms with Gasteiger partial charge >= 0.3 is 0 Å². The molecule has 0 spiro atoms. The lowest BCUT2D eigenvalue weighted by Gasteiger charge is -2.44. The zero-order valence-corrected chi connectivity index (χ0v) is 13.3. The van der Waals surface area contributed by atoms with Crippen molar-refractivity contribution in [1.29, 1.82) is 0 Å². The fraction of sp³-hybridized carbons (Fsp3) is 0.611. The molecule has 4 heteroatoms. The maximum atomic E-state index is 10.8. The Morgan fingerprint density at radius 1 is 1.18 bits per heavy atom. The number of hydrogen-bond acceptors (Lipinski definition) is 4. The van der Waals surface area contributed by atoms with Gasteiger partial charge in [0.15, 0.2) is 11.5 Å². The zero-order chi connectivity index (χ0) is 15.4. The Bertz CT molecular complexity index is 515. The summed E-state index contributed by atoms with van der Waals surface area (Å²) in [5.74, 6) is 1.98.